The third-order valence-corrected chi connectivity index (χ3v) is 17.3. The van der Waals surface area contributed by atoms with Crippen LogP contribution in [0, 0.1) is 0 Å². The van der Waals surface area contributed by atoms with Gasteiger partial charge in [-0.05, 0) is 142 Å². The summed E-state index contributed by atoms with van der Waals surface area (Å²) in [6, 6.07) is 106. The van der Waals surface area contributed by atoms with Crippen LogP contribution in [-0.2, 0) is 16.2 Å². The van der Waals surface area contributed by atoms with Gasteiger partial charge in [0, 0.05) is 33.3 Å². The Hall–Kier alpha value is -9.76. The van der Waals surface area contributed by atoms with Crippen molar-refractivity contribution in [1.82, 2.24) is 0 Å². The smallest absolute Gasteiger partial charge is 0.143 e. The first-order valence-electron chi connectivity index (χ1n) is 29.1. The normalized spacial score (nSPS) is 14.0. The summed E-state index contributed by atoms with van der Waals surface area (Å²) in [7, 11) is 0. The molecule has 0 aliphatic heterocycles. The number of nitrogens with zero attached hydrogens (tertiary/aromatic N) is 1. The summed E-state index contributed by atoms with van der Waals surface area (Å²) in [4.78, 5) is 2.56. The summed E-state index contributed by atoms with van der Waals surface area (Å²) in [6.45, 7) is 14.1. The first-order chi connectivity index (χ1) is 40.4. The fourth-order valence-electron chi connectivity index (χ4n) is 12.9. The van der Waals surface area contributed by atoms with E-state index in [-0.39, 0.29) is 10.8 Å². The van der Waals surface area contributed by atoms with E-state index < -0.39 is 5.41 Å². The monoisotopic (exact) mass is 1070 g/mol. The van der Waals surface area contributed by atoms with E-state index in [1.54, 1.807) is 0 Å². The van der Waals surface area contributed by atoms with Crippen molar-refractivity contribution < 1.29 is 4.42 Å². The van der Waals surface area contributed by atoms with E-state index >= 15 is 0 Å². The Bertz CT molecular complexity index is 4450. The van der Waals surface area contributed by atoms with Crippen LogP contribution in [0.2, 0.25) is 0 Å². The fourth-order valence-corrected chi connectivity index (χ4v) is 12.9. The van der Waals surface area contributed by atoms with Gasteiger partial charge in [-0.25, -0.2) is 0 Å². The maximum absolute atomic E-state index is 6.66. The molecule has 0 spiro atoms. The molecular formula is C81H65NO. The second kappa shape index (κ2) is 20.3. The molecule has 1 aliphatic rings. The number of rotatable bonds is 10. The van der Waals surface area contributed by atoms with Gasteiger partial charge in [0.15, 0.2) is 0 Å². The van der Waals surface area contributed by atoms with Crippen molar-refractivity contribution in [1.29, 1.82) is 0 Å². The molecule has 1 aliphatic carbocycles. The molecule has 0 N–H and O–H groups in total. The number of hydrogen-bond acceptors (Lipinski definition) is 2. The zero-order valence-corrected chi connectivity index (χ0v) is 48.0. The molecule has 0 amide bonds. The minimum Gasteiger partial charge on any atom is -0.455 e. The molecule has 400 valence electrons. The summed E-state index contributed by atoms with van der Waals surface area (Å²) < 4.78 is 6.66. The minimum absolute atomic E-state index is 0.123. The van der Waals surface area contributed by atoms with Crippen LogP contribution < -0.4 is 4.90 Å². The Balaban J connectivity index is 1.05. The summed E-state index contributed by atoms with van der Waals surface area (Å²) in [5.74, 6) is 0. The van der Waals surface area contributed by atoms with Gasteiger partial charge in [0.2, 0.25) is 0 Å². The summed E-state index contributed by atoms with van der Waals surface area (Å²) in [5.41, 5.74) is 25.5. The SMILES string of the molecule is CC(C)(C)c1ccc2c(c1)C(c1ccccc1)(c1ccc(-c3cccc4c3oc3ccccc34)cc1)c1cc(C(C)(C)C)cc(N(c3ccc(-c4ccc(-c5ccccc5)cc4)cc3)c3cc(-c4ccccc4)cc(-c4ccccc4)c3)c1-2. The van der Waals surface area contributed by atoms with Crippen molar-refractivity contribution >= 4 is 39.0 Å². The van der Waals surface area contributed by atoms with Crippen molar-refractivity contribution in [2.24, 2.45) is 0 Å². The molecule has 2 heteroatoms. The van der Waals surface area contributed by atoms with E-state index in [0.717, 1.165) is 77.9 Å². The van der Waals surface area contributed by atoms with Crippen LogP contribution in [0.3, 0.4) is 0 Å². The maximum atomic E-state index is 6.66. The van der Waals surface area contributed by atoms with Gasteiger partial charge >= 0.3 is 0 Å². The lowest BCUT2D eigenvalue weighted by Gasteiger charge is -2.36. The molecule has 1 atom stereocenters. The van der Waals surface area contributed by atoms with E-state index in [9.17, 15) is 0 Å². The molecule has 0 saturated carbocycles. The van der Waals surface area contributed by atoms with Crippen LogP contribution in [0.1, 0.15) is 74.9 Å². The third-order valence-electron chi connectivity index (χ3n) is 17.3. The van der Waals surface area contributed by atoms with Gasteiger partial charge in [0.05, 0.1) is 11.1 Å². The van der Waals surface area contributed by atoms with Crippen molar-refractivity contribution in [2.45, 2.75) is 57.8 Å². The van der Waals surface area contributed by atoms with E-state index in [1.165, 1.54) is 61.2 Å². The van der Waals surface area contributed by atoms with Gasteiger partial charge in [0.1, 0.15) is 11.2 Å². The molecular weight excluding hydrogens is 1000 g/mol. The molecule has 14 rings (SSSR count). The molecule has 1 unspecified atom stereocenters. The van der Waals surface area contributed by atoms with Gasteiger partial charge in [-0.2, -0.15) is 0 Å². The van der Waals surface area contributed by atoms with Gasteiger partial charge < -0.3 is 9.32 Å². The van der Waals surface area contributed by atoms with Crippen LogP contribution in [0.15, 0.2) is 290 Å². The third kappa shape index (κ3) is 9.07. The Morgan fingerprint density at radius 1 is 0.313 bits per heavy atom. The predicted octanol–water partition coefficient (Wildman–Crippen LogP) is 22.3. The van der Waals surface area contributed by atoms with Crippen LogP contribution in [0.5, 0.6) is 0 Å². The first kappa shape index (κ1) is 51.4. The fraction of sp³-hybridized carbons (Fsp3) is 0.111. The Labute approximate surface area is 488 Å². The highest BCUT2D eigenvalue weighted by atomic mass is 16.3. The maximum Gasteiger partial charge on any atom is 0.143 e. The highest BCUT2D eigenvalue weighted by molar-refractivity contribution is 6.09. The molecule has 12 aromatic carbocycles. The quantitative estimate of drug-likeness (QED) is 0.136. The minimum atomic E-state index is -0.727. The van der Waals surface area contributed by atoms with E-state index in [4.69, 9.17) is 4.42 Å². The van der Waals surface area contributed by atoms with Crippen LogP contribution in [0.25, 0.3) is 88.7 Å². The largest absolute Gasteiger partial charge is 0.455 e. The number of fused-ring (bicyclic) bond motifs is 6. The summed E-state index contributed by atoms with van der Waals surface area (Å²) in [6.07, 6.45) is 0. The average Bonchev–Trinajstić information content (AvgIpc) is 1.66. The predicted molar refractivity (Wildman–Crippen MR) is 350 cm³/mol. The van der Waals surface area contributed by atoms with E-state index in [0.29, 0.717) is 0 Å². The van der Waals surface area contributed by atoms with Crippen LogP contribution in [0.4, 0.5) is 17.1 Å². The molecule has 0 fully saturated rings. The highest BCUT2D eigenvalue weighted by Gasteiger charge is 2.49. The molecule has 1 aromatic heterocycles. The number of anilines is 3. The standard InChI is InChI=1S/C81H65NO/c1-79(2,3)65-44-47-72-73(51-65)81(63-28-17-10-18-29-63,64-42-38-60(39-43-64)69-31-21-32-71-70-30-19-20-33-76(70)83-78(69)71)74-52-66(80(4,5)6)53-75(77(72)74)82(67-45-40-59(41-46-67)58-36-34-57(35-37-58)54-22-11-7-12-23-54)68-49-61(55-24-13-8-14-25-55)48-62(50-68)56-26-15-9-16-27-56/h7-53H,1-6H3. The zero-order chi connectivity index (χ0) is 56.5. The molecule has 0 bridgehead atoms. The molecule has 1 heterocycles. The zero-order valence-electron chi connectivity index (χ0n) is 48.0. The lowest BCUT2D eigenvalue weighted by molar-refractivity contribution is 0.586. The molecule has 83 heavy (non-hydrogen) atoms. The number of furan rings is 1. The van der Waals surface area contributed by atoms with Crippen LogP contribution in [-0.4, -0.2) is 0 Å². The second-order valence-corrected chi connectivity index (χ2v) is 24.5. The Morgan fingerprint density at radius 2 is 0.783 bits per heavy atom. The molecule has 0 saturated heterocycles. The number of para-hydroxylation sites is 2. The first-order valence-corrected chi connectivity index (χ1v) is 29.1. The number of benzene rings is 12. The summed E-state index contributed by atoms with van der Waals surface area (Å²) in [5, 5.41) is 2.26. The van der Waals surface area contributed by atoms with Gasteiger partial charge in [-0.1, -0.05) is 284 Å². The van der Waals surface area contributed by atoms with Gasteiger partial charge in [0.25, 0.3) is 0 Å². The van der Waals surface area contributed by atoms with Gasteiger partial charge in [-0.3, -0.25) is 0 Å². The highest BCUT2D eigenvalue weighted by Crippen LogP contribution is 2.61. The molecule has 2 nitrogen and oxygen atoms in total. The Kier molecular flexibility index (Phi) is 12.6. The number of hydrogen-bond donors (Lipinski definition) is 0. The second-order valence-electron chi connectivity index (χ2n) is 24.5. The van der Waals surface area contributed by atoms with Crippen LogP contribution >= 0.6 is 0 Å². The van der Waals surface area contributed by atoms with Crippen molar-refractivity contribution in [3.05, 3.63) is 318 Å². The lowest BCUT2D eigenvalue weighted by Crippen LogP contribution is -2.30. The topological polar surface area (TPSA) is 16.4 Å². The van der Waals surface area contributed by atoms with Crippen molar-refractivity contribution in [2.75, 3.05) is 4.90 Å². The van der Waals surface area contributed by atoms with Crippen molar-refractivity contribution in [3.63, 3.8) is 0 Å². The Morgan fingerprint density at radius 3 is 1.36 bits per heavy atom. The average molecular weight is 1070 g/mol. The molecule has 13 aromatic rings. The van der Waals surface area contributed by atoms with Crippen molar-refractivity contribution in [3.8, 4) is 66.8 Å². The van der Waals surface area contributed by atoms with Gasteiger partial charge in [-0.15, -0.1) is 0 Å². The van der Waals surface area contributed by atoms with E-state index in [2.05, 4.69) is 325 Å². The summed E-state index contributed by atoms with van der Waals surface area (Å²) >= 11 is 0. The van der Waals surface area contributed by atoms with E-state index in [1.807, 2.05) is 6.07 Å². The lowest BCUT2D eigenvalue weighted by atomic mass is 9.66. The molecule has 0 radical (unpaired) electrons.